The van der Waals surface area contributed by atoms with E-state index in [1.807, 2.05) is 24.3 Å². The largest absolute Gasteiger partial charge is 0.480 e. The van der Waals surface area contributed by atoms with E-state index in [0.29, 0.717) is 6.42 Å². The average molecular weight is 476 g/mol. The van der Waals surface area contributed by atoms with E-state index in [2.05, 4.69) is 26.3 Å². The van der Waals surface area contributed by atoms with Crippen molar-refractivity contribution in [2.75, 3.05) is 13.6 Å². The van der Waals surface area contributed by atoms with Crippen molar-refractivity contribution < 1.29 is 29.0 Å². The normalized spacial score (nSPS) is 12.9. The number of aliphatic carboxylic acids is 1. The molecule has 1 aromatic heterocycles. The number of para-hydroxylation sites is 1. The lowest BCUT2D eigenvalue weighted by atomic mass is 10.0. The van der Waals surface area contributed by atoms with Crippen molar-refractivity contribution in [1.82, 2.24) is 26.3 Å². The Labute approximate surface area is 198 Å². The Morgan fingerprint density at radius 2 is 1.79 bits per heavy atom. The lowest BCUT2D eigenvalue weighted by Crippen LogP contribution is -2.53. The number of carbonyl (C=O) groups excluding carboxylic acids is 3. The van der Waals surface area contributed by atoms with E-state index >= 15 is 0 Å². The molecular weight excluding hydrogens is 442 g/mol. The quantitative estimate of drug-likeness (QED) is 0.288. The first kappa shape index (κ1) is 26.5. The van der Waals surface area contributed by atoms with Crippen molar-refractivity contribution in [1.29, 1.82) is 0 Å². The summed E-state index contributed by atoms with van der Waals surface area (Å²) in [6.45, 7) is 5.35. The van der Waals surface area contributed by atoms with Crippen molar-refractivity contribution in [2.24, 2.45) is 0 Å². The van der Waals surface area contributed by atoms with Crippen LogP contribution in [0, 0.1) is 0 Å². The molecule has 0 aliphatic carbocycles. The molecule has 0 saturated heterocycles. The highest BCUT2D eigenvalue weighted by Crippen LogP contribution is 2.19. The number of alkyl carbamates (subject to hydrolysis) is 1. The third kappa shape index (κ3) is 8.30. The smallest absolute Gasteiger partial charge is 0.408 e. The Kier molecular flexibility index (Phi) is 9.28. The zero-order valence-corrected chi connectivity index (χ0v) is 19.9. The van der Waals surface area contributed by atoms with Crippen LogP contribution < -0.4 is 21.3 Å². The Bertz CT molecular complexity index is 1010. The Balaban J connectivity index is 2.13. The van der Waals surface area contributed by atoms with Crippen molar-refractivity contribution >= 4 is 34.9 Å². The Morgan fingerprint density at radius 3 is 2.44 bits per heavy atom. The van der Waals surface area contributed by atoms with Crippen LogP contribution in [0.2, 0.25) is 0 Å². The molecule has 2 rings (SSSR count). The topological polar surface area (TPSA) is 162 Å². The molecule has 0 aliphatic heterocycles. The number of hydrogen-bond donors (Lipinski definition) is 6. The number of fused-ring (bicyclic) bond motifs is 1. The fourth-order valence-electron chi connectivity index (χ4n) is 3.31. The molecule has 1 heterocycles. The Morgan fingerprint density at radius 1 is 1.09 bits per heavy atom. The molecule has 0 fully saturated rings. The molecule has 0 saturated carbocycles. The zero-order chi connectivity index (χ0) is 25.3. The fraction of sp³-hybridized carbons (Fsp3) is 0.478. The predicted octanol–water partition coefficient (Wildman–Crippen LogP) is 1.88. The molecule has 1 aromatic carbocycles. The summed E-state index contributed by atoms with van der Waals surface area (Å²) in [6, 6.07) is 4.89. The maximum Gasteiger partial charge on any atom is 0.408 e. The third-order valence-corrected chi connectivity index (χ3v) is 4.90. The summed E-state index contributed by atoms with van der Waals surface area (Å²) in [7, 11) is 1.47. The number of nitrogens with one attached hydrogen (secondary N) is 5. The molecule has 11 heteroatoms. The number of ether oxygens (including phenoxy) is 1. The number of H-pyrrole nitrogens is 1. The van der Waals surface area contributed by atoms with Crippen LogP contribution in [-0.2, 0) is 20.7 Å². The van der Waals surface area contributed by atoms with Crippen LogP contribution >= 0.6 is 0 Å². The lowest BCUT2D eigenvalue weighted by molar-refractivity contribution is -0.142. The molecule has 186 valence electrons. The zero-order valence-electron chi connectivity index (χ0n) is 19.9. The van der Waals surface area contributed by atoms with Gasteiger partial charge in [0, 0.05) is 37.1 Å². The summed E-state index contributed by atoms with van der Waals surface area (Å²) in [5.41, 5.74) is 0.891. The number of rotatable bonds is 10. The number of amides is 4. The van der Waals surface area contributed by atoms with Gasteiger partial charge in [0.2, 0.25) is 5.91 Å². The monoisotopic (exact) mass is 475 g/mol. The molecule has 4 amide bonds. The van der Waals surface area contributed by atoms with Gasteiger partial charge in [0.1, 0.15) is 17.7 Å². The summed E-state index contributed by atoms with van der Waals surface area (Å²) in [5.74, 6) is -1.86. The van der Waals surface area contributed by atoms with Gasteiger partial charge < -0.3 is 36.1 Å². The molecule has 0 unspecified atom stereocenters. The first-order valence-corrected chi connectivity index (χ1v) is 11.0. The molecule has 0 radical (unpaired) electrons. The summed E-state index contributed by atoms with van der Waals surface area (Å²) >= 11 is 0. The number of carbonyl (C=O) groups is 4. The summed E-state index contributed by atoms with van der Waals surface area (Å²) < 4.78 is 5.29. The number of carboxylic acids is 1. The van der Waals surface area contributed by atoms with Crippen LogP contribution in [0.15, 0.2) is 30.5 Å². The van der Waals surface area contributed by atoms with Crippen molar-refractivity contribution in [3.05, 3.63) is 36.0 Å². The van der Waals surface area contributed by atoms with Gasteiger partial charge in [-0.3, -0.25) is 4.79 Å². The molecule has 2 atom stereocenters. The van der Waals surface area contributed by atoms with E-state index in [4.69, 9.17) is 4.74 Å². The maximum absolute atomic E-state index is 13.1. The molecule has 11 nitrogen and oxygen atoms in total. The van der Waals surface area contributed by atoms with Crippen LogP contribution in [0.4, 0.5) is 9.59 Å². The molecular formula is C23H33N5O6. The van der Waals surface area contributed by atoms with Crippen LogP contribution in [0.3, 0.4) is 0 Å². The van der Waals surface area contributed by atoms with Crippen molar-refractivity contribution in [2.45, 2.75) is 57.7 Å². The van der Waals surface area contributed by atoms with Gasteiger partial charge in [-0.25, -0.2) is 14.4 Å². The first-order chi connectivity index (χ1) is 16.0. The second-order valence-corrected chi connectivity index (χ2v) is 8.81. The predicted molar refractivity (Wildman–Crippen MR) is 126 cm³/mol. The van der Waals surface area contributed by atoms with Crippen molar-refractivity contribution in [3.63, 3.8) is 0 Å². The summed E-state index contributed by atoms with van der Waals surface area (Å²) in [4.78, 5) is 51.6. The number of urea groups is 1. The van der Waals surface area contributed by atoms with Gasteiger partial charge in [0.25, 0.3) is 0 Å². The number of aromatic nitrogens is 1. The highest BCUT2D eigenvalue weighted by atomic mass is 16.6. The SMILES string of the molecule is CNC(=O)NCCC[C@H](NC(=O)[C@H](Cc1c[nH]c2ccccc12)NC(=O)OC(C)(C)C)C(=O)O. The van der Waals surface area contributed by atoms with E-state index in [1.165, 1.54) is 7.05 Å². The van der Waals surface area contributed by atoms with Crippen LogP contribution in [0.5, 0.6) is 0 Å². The second kappa shape index (κ2) is 11.9. The third-order valence-electron chi connectivity index (χ3n) is 4.90. The van der Waals surface area contributed by atoms with Crippen molar-refractivity contribution in [3.8, 4) is 0 Å². The molecule has 2 aromatic rings. The summed E-state index contributed by atoms with van der Waals surface area (Å²) in [6.07, 6.45) is 1.52. The van der Waals surface area contributed by atoms with Crippen LogP contribution in [-0.4, -0.2) is 65.4 Å². The molecule has 0 aliphatic rings. The van der Waals surface area contributed by atoms with Gasteiger partial charge >= 0.3 is 18.1 Å². The van der Waals surface area contributed by atoms with Gasteiger partial charge in [-0.15, -0.1) is 0 Å². The van der Waals surface area contributed by atoms with E-state index in [-0.39, 0.29) is 25.4 Å². The number of carboxylic acid groups (broad SMARTS) is 1. The number of hydrogen-bond acceptors (Lipinski definition) is 5. The highest BCUT2D eigenvalue weighted by molar-refractivity contribution is 5.90. The summed E-state index contributed by atoms with van der Waals surface area (Å²) in [5, 5.41) is 20.5. The Hall–Kier alpha value is -3.76. The van der Waals surface area contributed by atoms with E-state index in [1.54, 1.807) is 27.0 Å². The maximum atomic E-state index is 13.1. The minimum Gasteiger partial charge on any atom is -0.480 e. The standard InChI is InChI=1S/C23H33N5O6/c1-23(2,3)34-22(33)28-18(12-14-13-26-16-9-6-5-8-15(14)16)19(29)27-17(20(30)31)10-7-11-25-21(32)24-4/h5-6,8-9,13,17-18,26H,7,10-12H2,1-4H3,(H,27,29)(H,28,33)(H,30,31)(H2,24,25,32)/t17-,18-/m0/s1. The fourth-order valence-corrected chi connectivity index (χ4v) is 3.31. The number of aromatic amines is 1. The molecule has 0 spiro atoms. The lowest BCUT2D eigenvalue weighted by Gasteiger charge is -2.24. The van der Waals surface area contributed by atoms with Gasteiger partial charge in [-0.1, -0.05) is 18.2 Å². The van der Waals surface area contributed by atoms with Crippen LogP contribution in [0.25, 0.3) is 10.9 Å². The minimum absolute atomic E-state index is 0.0946. The van der Waals surface area contributed by atoms with E-state index in [9.17, 15) is 24.3 Å². The minimum atomic E-state index is -1.21. The number of benzene rings is 1. The van der Waals surface area contributed by atoms with Gasteiger partial charge in [-0.2, -0.15) is 0 Å². The van der Waals surface area contributed by atoms with Gasteiger partial charge in [-0.05, 0) is 45.2 Å². The first-order valence-electron chi connectivity index (χ1n) is 11.0. The van der Waals surface area contributed by atoms with Crippen LogP contribution in [0.1, 0.15) is 39.2 Å². The van der Waals surface area contributed by atoms with Gasteiger partial charge in [0.15, 0.2) is 0 Å². The molecule has 6 N–H and O–H groups in total. The molecule has 34 heavy (non-hydrogen) atoms. The second-order valence-electron chi connectivity index (χ2n) is 8.81. The highest BCUT2D eigenvalue weighted by Gasteiger charge is 2.29. The molecule has 0 bridgehead atoms. The average Bonchev–Trinajstić information content (AvgIpc) is 3.16. The van der Waals surface area contributed by atoms with E-state index < -0.39 is 35.7 Å². The van der Waals surface area contributed by atoms with E-state index in [0.717, 1.165) is 16.5 Å². The van der Waals surface area contributed by atoms with Gasteiger partial charge in [0.05, 0.1) is 0 Å².